The number of hydrogen-bond acceptors (Lipinski definition) is 13. The maximum atomic E-state index is 12.8. The van der Waals surface area contributed by atoms with Crippen LogP contribution in [0, 0.1) is 0 Å². The van der Waals surface area contributed by atoms with Gasteiger partial charge < -0.3 is 45.0 Å². The topological polar surface area (TPSA) is 230 Å². The van der Waals surface area contributed by atoms with Gasteiger partial charge in [0.05, 0.1) is 12.7 Å². The number of carbonyl (C=O) groups excluding carboxylic acids is 2. The summed E-state index contributed by atoms with van der Waals surface area (Å²) in [4.78, 5) is 35.7. The fourth-order valence-electron chi connectivity index (χ4n) is 6.23. The second kappa shape index (κ2) is 37.9. The molecule has 4 unspecified atom stereocenters. The highest BCUT2D eigenvalue weighted by Gasteiger charge is 2.51. The molecule has 64 heavy (non-hydrogen) atoms. The third-order valence-electron chi connectivity index (χ3n) is 9.98. The summed E-state index contributed by atoms with van der Waals surface area (Å²) in [6.45, 7) is 2.95. The van der Waals surface area contributed by atoms with Crippen LogP contribution in [0.2, 0.25) is 0 Å². The highest BCUT2D eigenvalue weighted by Crippen LogP contribution is 2.47. The smallest absolute Gasteiger partial charge is 0.462 e. The van der Waals surface area contributed by atoms with Gasteiger partial charge in [0.15, 0.2) is 6.10 Å². The Morgan fingerprint density at radius 1 is 0.578 bits per heavy atom. The second-order valence-corrected chi connectivity index (χ2v) is 17.1. The Bertz CT molecular complexity index is 1500. The molecule has 1 aliphatic carbocycles. The number of phosphoric ester groups is 1. The molecule has 0 heterocycles. The first-order valence-electron chi connectivity index (χ1n) is 23.1. The van der Waals surface area contributed by atoms with E-state index in [-0.39, 0.29) is 12.8 Å². The third-order valence-corrected chi connectivity index (χ3v) is 11.0. The maximum absolute atomic E-state index is 12.8. The van der Waals surface area contributed by atoms with E-state index in [0.717, 1.165) is 57.8 Å². The van der Waals surface area contributed by atoms with Crippen LogP contribution in [0.25, 0.3) is 0 Å². The van der Waals surface area contributed by atoms with Gasteiger partial charge in [0.2, 0.25) is 0 Å². The van der Waals surface area contributed by atoms with E-state index in [1.165, 1.54) is 19.3 Å². The van der Waals surface area contributed by atoms with Crippen molar-refractivity contribution in [3.05, 3.63) is 97.2 Å². The van der Waals surface area contributed by atoms with Crippen LogP contribution in [0.4, 0.5) is 0 Å². The molecular formula is C49H79O14P. The van der Waals surface area contributed by atoms with E-state index in [9.17, 15) is 49.7 Å². The fraction of sp³-hybridized carbons (Fsp3) is 0.633. The second-order valence-electron chi connectivity index (χ2n) is 15.7. The van der Waals surface area contributed by atoms with Crippen LogP contribution in [0.15, 0.2) is 97.2 Å². The lowest BCUT2D eigenvalue weighted by atomic mass is 9.85. The average molecular weight is 923 g/mol. The molecule has 1 fully saturated rings. The lowest BCUT2D eigenvalue weighted by molar-refractivity contribution is -0.220. The summed E-state index contributed by atoms with van der Waals surface area (Å²) in [5.74, 6) is -1.23. The number of hydrogen-bond donors (Lipinski definition) is 7. The van der Waals surface area contributed by atoms with Crippen molar-refractivity contribution in [1.82, 2.24) is 0 Å². The lowest BCUT2D eigenvalue weighted by Gasteiger charge is -2.41. The minimum absolute atomic E-state index is 0.0105. The van der Waals surface area contributed by atoms with Gasteiger partial charge >= 0.3 is 19.8 Å². The molecule has 7 N–H and O–H groups in total. The summed E-state index contributed by atoms with van der Waals surface area (Å²) >= 11 is 0. The number of aliphatic hydroxyl groups excluding tert-OH is 6. The van der Waals surface area contributed by atoms with Crippen molar-refractivity contribution in [2.24, 2.45) is 0 Å². The van der Waals surface area contributed by atoms with E-state index in [0.29, 0.717) is 32.1 Å². The van der Waals surface area contributed by atoms with Gasteiger partial charge in [-0.2, -0.15) is 0 Å². The van der Waals surface area contributed by atoms with E-state index >= 15 is 0 Å². The molecule has 1 rings (SSSR count). The zero-order chi connectivity index (χ0) is 47.3. The van der Waals surface area contributed by atoms with Gasteiger partial charge in [-0.05, 0) is 83.5 Å². The van der Waals surface area contributed by atoms with Gasteiger partial charge in [-0.15, -0.1) is 0 Å². The van der Waals surface area contributed by atoms with Crippen molar-refractivity contribution in [2.45, 2.75) is 185 Å². The first kappa shape index (κ1) is 58.7. The molecule has 15 heteroatoms. The molecule has 0 spiro atoms. The van der Waals surface area contributed by atoms with E-state index in [2.05, 4.69) is 43.4 Å². The van der Waals surface area contributed by atoms with Crippen LogP contribution >= 0.6 is 7.82 Å². The summed E-state index contributed by atoms with van der Waals surface area (Å²) in [7, 11) is -5.16. The third kappa shape index (κ3) is 30.0. The van der Waals surface area contributed by atoms with Gasteiger partial charge in [0.25, 0.3) is 0 Å². The Kier molecular flexibility index (Phi) is 34.8. The number of allylic oxidation sites excluding steroid dienone is 14. The largest absolute Gasteiger partial charge is 0.472 e. The monoisotopic (exact) mass is 923 g/mol. The van der Waals surface area contributed by atoms with Gasteiger partial charge in [-0.25, -0.2) is 4.57 Å². The van der Waals surface area contributed by atoms with E-state index < -0.39 is 81.8 Å². The number of carbonyl (C=O) groups is 2. The number of unbranched alkanes of at least 4 members (excludes halogenated alkanes) is 8. The normalized spacial score (nSPS) is 23.0. The SMILES string of the molecule is CC/C=C\C(O)C/C=C/C=C\C/C=C\C/C=C\CCCC(=O)O[C@H](COC(=O)CCCCCC/C=C\C/C=C\C/C=C\CCCCC)COP(=O)(O)OC1[C@H](O)[C@H](O)C(O)[C@H](O)[C@H]1O. The molecular weight excluding hydrogens is 843 g/mol. The number of aliphatic hydroxyl groups is 6. The van der Waals surface area contributed by atoms with E-state index in [1.54, 1.807) is 6.08 Å². The van der Waals surface area contributed by atoms with Crippen molar-refractivity contribution in [2.75, 3.05) is 13.2 Å². The van der Waals surface area contributed by atoms with Crippen LogP contribution in [0.5, 0.6) is 0 Å². The van der Waals surface area contributed by atoms with Gasteiger partial charge in [-0.1, -0.05) is 137 Å². The quantitative estimate of drug-likeness (QED) is 0.0104. The van der Waals surface area contributed by atoms with Crippen LogP contribution in [0.1, 0.15) is 136 Å². The zero-order valence-electron chi connectivity index (χ0n) is 38.1. The average Bonchev–Trinajstić information content (AvgIpc) is 3.27. The molecule has 0 aromatic rings. The molecule has 0 aliphatic heterocycles. The van der Waals surface area contributed by atoms with Crippen LogP contribution in [-0.2, 0) is 32.7 Å². The summed E-state index contributed by atoms with van der Waals surface area (Å²) in [5.41, 5.74) is 0. The molecule has 9 atom stereocenters. The Labute approximate surface area is 382 Å². The molecule has 14 nitrogen and oxygen atoms in total. The molecule has 0 amide bonds. The standard InChI is InChI=1S/C49H79O14P/c1-3-5-7-8-9-10-11-12-13-14-15-16-20-23-26-29-32-36-42(51)60-38-41(39-61-64(58,59)63-49-47(56)45(54)44(53)46(55)48(49)57)62-43(52)37-33-30-27-24-21-18-17-19-22-25-28-31-35-40(50)34-6-4-2/h6,9-10,12-13,15-18,22,24-25,27-28,31,34,40-41,44-50,53-57H,3-5,7-8,11,14,19-21,23,26,29-30,32-33,35-39H2,1-2H3,(H,58,59)/b10-9-,13-12-,16-15-,18-17-,25-22-,27-24-,31-28+,34-6-/t40?,41-,44?,45-,46+,47-,48-,49?/m1/s1. The minimum Gasteiger partial charge on any atom is -0.462 e. The molecule has 0 bridgehead atoms. The summed E-state index contributed by atoms with van der Waals surface area (Å²) in [6, 6.07) is 0. The molecule has 0 saturated heterocycles. The van der Waals surface area contributed by atoms with Crippen molar-refractivity contribution >= 4 is 19.8 Å². The molecule has 0 radical (unpaired) electrons. The number of phosphoric acid groups is 1. The summed E-state index contributed by atoms with van der Waals surface area (Å²) in [5, 5.41) is 59.9. The number of ether oxygens (including phenoxy) is 2. The highest BCUT2D eigenvalue weighted by atomic mass is 31.2. The maximum Gasteiger partial charge on any atom is 0.472 e. The van der Waals surface area contributed by atoms with Gasteiger partial charge in [0, 0.05) is 12.8 Å². The Morgan fingerprint density at radius 3 is 1.67 bits per heavy atom. The number of esters is 2. The summed E-state index contributed by atoms with van der Waals surface area (Å²) in [6.07, 6.45) is 33.7. The van der Waals surface area contributed by atoms with Crippen molar-refractivity contribution < 1.29 is 68.2 Å². The fourth-order valence-corrected chi connectivity index (χ4v) is 7.20. The molecule has 1 aliphatic rings. The first-order chi connectivity index (χ1) is 30.8. The van der Waals surface area contributed by atoms with Gasteiger partial charge in [-0.3, -0.25) is 18.6 Å². The van der Waals surface area contributed by atoms with Crippen molar-refractivity contribution in [3.8, 4) is 0 Å². The lowest BCUT2D eigenvalue weighted by Crippen LogP contribution is -2.64. The predicted molar refractivity (Wildman–Crippen MR) is 250 cm³/mol. The number of rotatable bonds is 36. The van der Waals surface area contributed by atoms with Crippen molar-refractivity contribution in [3.63, 3.8) is 0 Å². The minimum atomic E-state index is -5.16. The predicted octanol–water partition coefficient (Wildman–Crippen LogP) is 8.02. The van der Waals surface area contributed by atoms with Crippen LogP contribution in [-0.4, -0.2) is 110 Å². The Balaban J connectivity index is 2.55. The Morgan fingerprint density at radius 2 is 1.08 bits per heavy atom. The zero-order valence-corrected chi connectivity index (χ0v) is 39.0. The van der Waals surface area contributed by atoms with Crippen LogP contribution in [0.3, 0.4) is 0 Å². The van der Waals surface area contributed by atoms with E-state index in [4.69, 9.17) is 18.5 Å². The van der Waals surface area contributed by atoms with Gasteiger partial charge in [0.1, 0.15) is 43.2 Å². The molecule has 0 aromatic carbocycles. The molecule has 364 valence electrons. The summed E-state index contributed by atoms with van der Waals surface area (Å²) < 4.78 is 33.4. The Hall–Kier alpha value is -3.27. The van der Waals surface area contributed by atoms with E-state index in [1.807, 2.05) is 61.6 Å². The van der Waals surface area contributed by atoms with Crippen LogP contribution < -0.4 is 0 Å². The molecule has 1 saturated carbocycles. The molecule has 0 aromatic heterocycles. The highest BCUT2D eigenvalue weighted by molar-refractivity contribution is 7.47. The van der Waals surface area contributed by atoms with Crippen molar-refractivity contribution in [1.29, 1.82) is 0 Å². The first-order valence-corrected chi connectivity index (χ1v) is 24.6.